The number of nitrogens with one attached hydrogen (secondary N) is 1. The number of hydrogen-bond donors (Lipinski definition) is 1. The Morgan fingerprint density at radius 2 is 2.19 bits per heavy atom. The van der Waals surface area contributed by atoms with Crippen LogP contribution >= 0.6 is 11.3 Å². The first kappa shape index (κ1) is 15.3. The number of amides is 1. The van der Waals surface area contributed by atoms with Crippen molar-refractivity contribution in [2.24, 2.45) is 0 Å². The van der Waals surface area contributed by atoms with Gasteiger partial charge < -0.3 is 0 Å². The summed E-state index contributed by atoms with van der Waals surface area (Å²) in [6.45, 7) is 2.11. The van der Waals surface area contributed by atoms with Crippen molar-refractivity contribution in [3.8, 4) is 0 Å². The van der Waals surface area contributed by atoms with Crippen LogP contribution in [0.5, 0.6) is 0 Å². The summed E-state index contributed by atoms with van der Waals surface area (Å²) < 4.78 is 13.4. The monoisotopic (exact) mass is 305 g/mol. The number of aryl methyl sites for hydroxylation is 1. The summed E-state index contributed by atoms with van der Waals surface area (Å²) in [7, 11) is 0. The number of halogens is 1. The average Bonchev–Trinajstić information content (AvgIpc) is 2.91. The lowest BCUT2D eigenvalue weighted by molar-refractivity contribution is -0.111. The number of carbonyl (C=O) groups is 1. The van der Waals surface area contributed by atoms with Crippen molar-refractivity contribution < 1.29 is 9.18 Å². The van der Waals surface area contributed by atoms with Gasteiger partial charge in [-0.3, -0.25) is 10.1 Å². The van der Waals surface area contributed by atoms with Gasteiger partial charge >= 0.3 is 0 Å². The fourth-order valence-corrected chi connectivity index (χ4v) is 2.44. The lowest BCUT2D eigenvalue weighted by Gasteiger charge is -1.96. The van der Waals surface area contributed by atoms with Crippen LogP contribution in [0.15, 0.2) is 30.3 Å². The number of carbonyl (C=O) groups excluding carboxylic acids is 1. The van der Waals surface area contributed by atoms with E-state index < -0.39 is 0 Å². The molecule has 110 valence electrons. The van der Waals surface area contributed by atoms with Crippen molar-refractivity contribution in [1.29, 1.82) is 0 Å². The molecule has 0 radical (unpaired) electrons. The van der Waals surface area contributed by atoms with Crippen LogP contribution in [-0.4, -0.2) is 16.1 Å². The maximum Gasteiger partial charge on any atom is 0.250 e. The van der Waals surface area contributed by atoms with Gasteiger partial charge in [0.2, 0.25) is 11.0 Å². The highest BCUT2D eigenvalue weighted by Gasteiger charge is 2.06. The van der Waals surface area contributed by atoms with Crippen molar-refractivity contribution in [3.05, 3.63) is 46.7 Å². The molecule has 21 heavy (non-hydrogen) atoms. The zero-order valence-corrected chi connectivity index (χ0v) is 12.5. The Kier molecular flexibility index (Phi) is 5.57. The van der Waals surface area contributed by atoms with E-state index in [1.807, 2.05) is 0 Å². The number of nitrogens with zero attached hydrogens (tertiary/aromatic N) is 2. The predicted octanol–water partition coefficient (Wildman–Crippen LogP) is 3.67. The Hall–Kier alpha value is -2.08. The Morgan fingerprint density at radius 1 is 1.38 bits per heavy atom. The molecule has 4 nitrogen and oxygen atoms in total. The highest BCUT2D eigenvalue weighted by Crippen LogP contribution is 2.17. The molecule has 1 aromatic heterocycles. The molecular formula is C15H16FN3OS. The maximum atomic E-state index is 13.4. The molecule has 1 amide bonds. The van der Waals surface area contributed by atoms with E-state index in [9.17, 15) is 9.18 Å². The van der Waals surface area contributed by atoms with Gasteiger partial charge in [-0.25, -0.2) is 4.39 Å². The van der Waals surface area contributed by atoms with Gasteiger partial charge in [0.1, 0.15) is 10.8 Å². The highest BCUT2D eigenvalue weighted by atomic mass is 32.1. The summed E-state index contributed by atoms with van der Waals surface area (Å²) in [5, 5.41) is 11.9. The number of anilines is 1. The van der Waals surface area contributed by atoms with Crippen LogP contribution in [0, 0.1) is 5.82 Å². The first-order valence-electron chi connectivity index (χ1n) is 6.75. The van der Waals surface area contributed by atoms with Crippen LogP contribution in [0.25, 0.3) is 6.08 Å². The maximum absolute atomic E-state index is 13.4. The third-order valence-corrected chi connectivity index (χ3v) is 3.66. The fraction of sp³-hybridized carbons (Fsp3) is 0.267. The van der Waals surface area contributed by atoms with Crippen molar-refractivity contribution in [1.82, 2.24) is 10.2 Å². The highest BCUT2D eigenvalue weighted by molar-refractivity contribution is 7.15. The van der Waals surface area contributed by atoms with Crippen LogP contribution < -0.4 is 5.32 Å². The van der Waals surface area contributed by atoms with Crippen LogP contribution in [0.3, 0.4) is 0 Å². The fourth-order valence-electron chi connectivity index (χ4n) is 1.66. The quantitative estimate of drug-likeness (QED) is 0.828. The summed E-state index contributed by atoms with van der Waals surface area (Å²) >= 11 is 1.36. The molecule has 0 unspecified atom stereocenters. The minimum atomic E-state index is -0.362. The first-order chi connectivity index (χ1) is 10.2. The molecule has 0 saturated carbocycles. The molecule has 1 heterocycles. The lowest BCUT2D eigenvalue weighted by Crippen LogP contribution is -2.07. The number of unbranched alkanes of at least 4 members (excludes halogenated alkanes) is 1. The third kappa shape index (κ3) is 4.75. The minimum Gasteiger partial charge on any atom is -0.297 e. The lowest BCUT2D eigenvalue weighted by atomic mass is 10.2. The van der Waals surface area contributed by atoms with Gasteiger partial charge in [0.25, 0.3) is 0 Å². The normalized spacial score (nSPS) is 11.0. The van der Waals surface area contributed by atoms with E-state index in [1.54, 1.807) is 18.2 Å². The molecule has 6 heteroatoms. The van der Waals surface area contributed by atoms with Gasteiger partial charge in [0.05, 0.1) is 0 Å². The SMILES string of the molecule is CCCCc1nnc(NC(=O)/C=C/c2ccccc2F)s1. The Balaban J connectivity index is 1.92. The number of benzene rings is 1. The van der Waals surface area contributed by atoms with Gasteiger partial charge in [-0.2, -0.15) is 0 Å². The number of aromatic nitrogens is 2. The second-order valence-electron chi connectivity index (χ2n) is 4.45. The summed E-state index contributed by atoms with van der Waals surface area (Å²) in [6.07, 6.45) is 5.73. The largest absolute Gasteiger partial charge is 0.297 e. The molecule has 0 fully saturated rings. The molecule has 0 aliphatic heterocycles. The average molecular weight is 305 g/mol. The standard InChI is InChI=1S/C15H16FN3OS/c1-2-3-8-14-18-19-15(21-14)17-13(20)10-9-11-6-4-5-7-12(11)16/h4-7,9-10H,2-3,8H2,1H3,(H,17,19,20)/b10-9+. The summed E-state index contributed by atoms with van der Waals surface area (Å²) in [4.78, 5) is 11.7. The minimum absolute atomic E-state index is 0.351. The summed E-state index contributed by atoms with van der Waals surface area (Å²) in [5.41, 5.74) is 0.369. The van der Waals surface area contributed by atoms with Gasteiger partial charge in [0.15, 0.2) is 0 Å². The second-order valence-corrected chi connectivity index (χ2v) is 5.51. The van der Waals surface area contributed by atoms with Crippen LogP contribution in [-0.2, 0) is 11.2 Å². The molecule has 0 spiro atoms. The number of rotatable bonds is 6. The van der Waals surface area contributed by atoms with E-state index in [4.69, 9.17) is 0 Å². The molecule has 1 aromatic carbocycles. The van der Waals surface area contributed by atoms with E-state index in [1.165, 1.54) is 29.6 Å². The molecule has 2 aromatic rings. The van der Waals surface area contributed by atoms with Gasteiger partial charge in [0, 0.05) is 18.1 Å². The van der Waals surface area contributed by atoms with Crippen LogP contribution in [0.4, 0.5) is 9.52 Å². The molecule has 0 aliphatic carbocycles. The van der Waals surface area contributed by atoms with E-state index in [-0.39, 0.29) is 11.7 Å². The third-order valence-electron chi connectivity index (χ3n) is 2.76. The Bertz CT molecular complexity index is 639. The molecular weight excluding hydrogens is 289 g/mol. The van der Waals surface area contributed by atoms with Crippen molar-refractivity contribution in [3.63, 3.8) is 0 Å². The van der Waals surface area contributed by atoms with Gasteiger partial charge in [-0.05, 0) is 18.6 Å². The molecule has 0 saturated heterocycles. The summed E-state index contributed by atoms with van der Waals surface area (Å²) in [5.74, 6) is -0.712. The van der Waals surface area contributed by atoms with E-state index in [0.29, 0.717) is 10.7 Å². The van der Waals surface area contributed by atoms with Gasteiger partial charge in [-0.15, -0.1) is 10.2 Å². The first-order valence-corrected chi connectivity index (χ1v) is 7.56. The number of hydrogen-bond acceptors (Lipinski definition) is 4. The van der Waals surface area contributed by atoms with Crippen LogP contribution in [0.2, 0.25) is 0 Å². The second kappa shape index (κ2) is 7.64. The molecule has 0 atom stereocenters. The zero-order chi connectivity index (χ0) is 15.1. The van der Waals surface area contributed by atoms with Crippen molar-refractivity contribution in [2.75, 3.05) is 5.32 Å². The van der Waals surface area contributed by atoms with E-state index >= 15 is 0 Å². The van der Waals surface area contributed by atoms with Crippen LogP contribution in [0.1, 0.15) is 30.3 Å². The predicted molar refractivity (Wildman–Crippen MR) is 82.6 cm³/mol. The van der Waals surface area contributed by atoms with Gasteiger partial charge in [-0.1, -0.05) is 42.9 Å². The van der Waals surface area contributed by atoms with E-state index in [2.05, 4.69) is 22.4 Å². The molecule has 0 aliphatic rings. The van der Waals surface area contributed by atoms with Crippen molar-refractivity contribution >= 4 is 28.5 Å². The topological polar surface area (TPSA) is 54.9 Å². The van der Waals surface area contributed by atoms with Crippen molar-refractivity contribution in [2.45, 2.75) is 26.2 Å². The van der Waals surface area contributed by atoms with E-state index in [0.717, 1.165) is 24.3 Å². The smallest absolute Gasteiger partial charge is 0.250 e. The molecule has 0 bridgehead atoms. The zero-order valence-electron chi connectivity index (χ0n) is 11.7. The summed E-state index contributed by atoms with van der Waals surface area (Å²) in [6, 6.07) is 6.27. The Labute approximate surface area is 126 Å². The molecule has 2 rings (SSSR count). The Morgan fingerprint density at radius 3 is 2.95 bits per heavy atom. The molecule has 1 N–H and O–H groups in total.